The van der Waals surface area contributed by atoms with E-state index in [0.29, 0.717) is 41.9 Å². The summed E-state index contributed by atoms with van der Waals surface area (Å²) in [6.07, 6.45) is 2.93. The summed E-state index contributed by atoms with van der Waals surface area (Å²) in [4.78, 5) is 18.9. The first-order valence-corrected chi connectivity index (χ1v) is 10.4. The van der Waals surface area contributed by atoms with Gasteiger partial charge in [-0.05, 0) is 24.1 Å². The zero-order valence-electron chi connectivity index (χ0n) is 16.6. The topological polar surface area (TPSA) is 89.9 Å². The standard InChI is InChI=1S/C22H19ClN6O2/c23-17-8-4-5-15(11-17)12-20(30)28-10-9-18(13-28)29-14-19(25-27-29)22-24-21(26-31-22)16-6-2-1-3-7-16/h1-8,11,14,18H,9-10,12-13H2. The Morgan fingerprint density at radius 1 is 1.16 bits per heavy atom. The highest BCUT2D eigenvalue weighted by Crippen LogP contribution is 2.25. The van der Waals surface area contributed by atoms with Gasteiger partial charge < -0.3 is 9.42 Å². The number of likely N-dealkylation sites (tertiary alicyclic amines) is 1. The van der Waals surface area contributed by atoms with Crippen LogP contribution < -0.4 is 0 Å². The van der Waals surface area contributed by atoms with Gasteiger partial charge >= 0.3 is 0 Å². The molecule has 0 spiro atoms. The van der Waals surface area contributed by atoms with Crippen molar-refractivity contribution in [2.45, 2.75) is 18.9 Å². The molecule has 1 aliphatic heterocycles. The molecule has 156 valence electrons. The van der Waals surface area contributed by atoms with Crippen LogP contribution in [-0.2, 0) is 11.2 Å². The smallest absolute Gasteiger partial charge is 0.280 e. The van der Waals surface area contributed by atoms with E-state index in [4.69, 9.17) is 16.1 Å². The van der Waals surface area contributed by atoms with Crippen molar-refractivity contribution in [2.24, 2.45) is 0 Å². The normalized spacial score (nSPS) is 16.0. The third-order valence-electron chi connectivity index (χ3n) is 5.32. The van der Waals surface area contributed by atoms with Crippen LogP contribution in [0.3, 0.4) is 0 Å². The summed E-state index contributed by atoms with van der Waals surface area (Å²) in [5.74, 6) is 0.898. The molecule has 0 saturated carbocycles. The lowest BCUT2D eigenvalue weighted by Crippen LogP contribution is -2.30. The number of hydrogen-bond donors (Lipinski definition) is 0. The minimum absolute atomic E-state index is 0.0566. The molecular weight excluding hydrogens is 416 g/mol. The number of carbonyl (C=O) groups is 1. The predicted octanol–water partition coefficient (Wildman–Crippen LogP) is 3.66. The maximum atomic E-state index is 12.7. The van der Waals surface area contributed by atoms with Crippen LogP contribution in [0, 0.1) is 0 Å². The third kappa shape index (κ3) is 4.20. The fraction of sp³-hybridized carbons (Fsp3) is 0.227. The fourth-order valence-corrected chi connectivity index (χ4v) is 3.92. The summed E-state index contributed by atoms with van der Waals surface area (Å²) in [6.45, 7) is 1.26. The lowest BCUT2D eigenvalue weighted by atomic mass is 10.1. The monoisotopic (exact) mass is 434 g/mol. The van der Waals surface area contributed by atoms with E-state index in [9.17, 15) is 4.79 Å². The van der Waals surface area contributed by atoms with Crippen molar-refractivity contribution in [3.63, 3.8) is 0 Å². The highest BCUT2D eigenvalue weighted by molar-refractivity contribution is 6.30. The minimum atomic E-state index is 0.0566. The summed E-state index contributed by atoms with van der Waals surface area (Å²) >= 11 is 6.02. The predicted molar refractivity (Wildman–Crippen MR) is 114 cm³/mol. The highest BCUT2D eigenvalue weighted by atomic mass is 35.5. The Bertz CT molecular complexity index is 1210. The van der Waals surface area contributed by atoms with Gasteiger partial charge in [0, 0.05) is 23.7 Å². The van der Waals surface area contributed by atoms with Crippen LogP contribution in [0.4, 0.5) is 0 Å². The van der Waals surface area contributed by atoms with Crippen molar-refractivity contribution < 1.29 is 9.32 Å². The molecule has 0 aliphatic carbocycles. The Morgan fingerprint density at radius 2 is 2.03 bits per heavy atom. The van der Waals surface area contributed by atoms with E-state index in [-0.39, 0.29) is 11.9 Å². The zero-order valence-corrected chi connectivity index (χ0v) is 17.3. The number of nitrogens with zero attached hydrogens (tertiary/aromatic N) is 6. The molecule has 5 rings (SSSR count). The van der Waals surface area contributed by atoms with E-state index in [1.165, 1.54) is 0 Å². The van der Waals surface area contributed by atoms with Crippen LogP contribution in [0.15, 0.2) is 65.3 Å². The van der Waals surface area contributed by atoms with E-state index < -0.39 is 0 Å². The number of carbonyl (C=O) groups excluding carboxylic acids is 1. The number of aromatic nitrogens is 5. The van der Waals surface area contributed by atoms with Gasteiger partial charge in [-0.25, -0.2) is 4.68 Å². The van der Waals surface area contributed by atoms with Crippen LogP contribution in [-0.4, -0.2) is 49.0 Å². The fourth-order valence-electron chi connectivity index (χ4n) is 3.70. The van der Waals surface area contributed by atoms with E-state index in [1.54, 1.807) is 16.9 Å². The van der Waals surface area contributed by atoms with Gasteiger partial charge in [0.05, 0.1) is 18.7 Å². The molecule has 1 fully saturated rings. The van der Waals surface area contributed by atoms with Gasteiger partial charge in [0.1, 0.15) is 0 Å². The highest BCUT2D eigenvalue weighted by Gasteiger charge is 2.28. The molecule has 31 heavy (non-hydrogen) atoms. The Balaban J connectivity index is 1.25. The first kappa shape index (κ1) is 19.4. The van der Waals surface area contributed by atoms with Gasteiger partial charge in [0.15, 0.2) is 5.69 Å². The minimum Gasteiger partial charge on any atom is -0.340 e. The Morgan fingerprint density at radius 3 is 2.87 bits per heavy atom. The lowest BCUT2D eigenvalue weighted by Gasteiger charge is -2.16. The van der Waals surface area contributed by atoms with Crippen LogP contribution >= 0.6 is 11.6 Å². The van der Waals surface area contributed by atoms with E-state index >= 15 is 0 Å². The Kier molecular flexibility index (Phi) is 5.21. The zero-order chi connectivity index (χ0) is 21.2. The van der Waals surface area contributed by atoms with Crippen LogP contribution in [0.1, 0.15) is 18.0 Å². The lowest BCUT2D eigenvalue weighted by molar-refractivity contribution is -0.129. The molecule has 1 unspecified atom stereocenters. The average molecular weight is 435 g/mol. The molecule has 2 aromatic carbocycles. The summed E-state index contributed by atoms with van der Waals surface area (Å²) in [6, 6.07) is 17.0. The van der Waals surface area contributed by atoms with Gasteiger partial charge in [-0.1, -0.05) is 64.4 Å². The van der Waals surface area contributed by atoms with Crippen molar-refractivity contribution in [1.29, 1.82) is 0 Å². The van der Waals surface area contributed by atoms with Crippen LogP contribution in [0.5, 0.6) is 0 Å². The van der Waals surface area contributed by atoms with Crippen LogP contribution in [0.2, 0.25) is 5.02 Å². The average Bonchev–Trinajstić information content (AvgIpc) is 3.54. The van der Waals surface area contributed by atoms with Gasteiger partial charge in [0.25, 0.3) is 5.89 Å². The van der Waals surface area contributed by atoms with Gasteiger partial charge in [-0.15, -0.1) is 5.10 Å². The first-order valence-electron chi connectivity index (χ1n) is 9.99. The molecule has 1 atom stereocenters. The maximum absolute atomic E-state index is 12.7. The van der Waals surface area contributed by atoms with Crippen molar-refractivity contribution in [2.75, 3.05) is 13.1 Å². The third-order valence-corrected chi connectivity index (χ3v) is 5.56. The quantitative estimate of drug-likeness (QED) is 0.476. The second kappa shape index (κ2) is 8.31. The summed E-state index contributed by atoms with van der Waals surface area (Å²) < 4.78 is 7.14. The van der Waals surface area contributed by atoms with Crippen molar-refractivity contribution in [1.82, 2.24) is 30.0 Å². The molecule has 3 heterocycles. The second-order valence-corrected chi connectivity index (χ2v) is 7.90. The molecule has 0 bridgehead atoms. The number of amides is 1. The molecule has 8 nitrogen and oxygen atoms in total. The van der Waals surface area contributed by atoms with E-state index in [0.717, 1.165) is 17.5 Å². The van der Waals surface area contributed by atoms with Gasteiger partial charge in [-0.2, -0.15) is 4.98 Å². The molecule has 1 amide bonds. The van der Waals surface area contributed by atoms with Crippen molar-refractivity contribution >= 4 is 17.5 Å². The van der Waals surface area contributed by atoms with E-state index in [2.05, 4.69) is 20.5 Å². The molecule has 2 aromatic heterocycles. The van der Waals surface area contributed by atoms with E-state index in [1.807, 2.05) is 53.4 Å². The largest absolute Gasteiger partial charge is 0.340 e. The molecule has 0 N–H and O–H groups in total. The molecule has 0 radical (unpaired) electrons. The van der Waals surface area contributed by atoms with Crippen LogP contribution in [0.25, 0.3) is 23.0 Å². The molecular formula is C22H19ClN6O2. The summed E-state index contributed by atoms with van der Waals surface area (Å²) in [7, 11) is 0. The molecule has 4 aromatic rings. The summed E-state index contributed by atoms with van der Waals surface area (Å²) in [5.41, 5.74) is 2.29. The second-order valence-electron chi connectivity index (χ2n) is 7.46. The summed E-state index contributed by atoms with van der Waals surface area (Å²) in [5, 5.41) is 13.1. The van der Waals surface area contributed by atoms with Crippen molar-refractivity contribution in [3.8, 4) is 23.0 Å². The number of rotatable bonds is 5. The first-order chi connectivity index (χ1) is 15.2. The van der Waals surface area contributed by atoms with Gasteiger partial charge in [-0.3, -0.25) is 4.79 Å². The molecule has 1 saturated heterocycles. The molecule has 1 aliphatic rings. The molecule has 9 heteroatoms. The number of benzene rings is 2. The van der Waals surface area contributed by atoms with Crippen molar-refractivity contribution in [3.05, 3.63) is 71.4 Å². The van der Waals surface area contributed by atoms with Gasteiger partial charge in [0.2, 0.25) is 11.7 Å². The SMILES string of the molecule is O=C(Cc1cccc(Cl)c1)N1CCC(n2cc(-c3nc(-c4ccccc4)no3)nn2)C1. The Labute approximate surface area is 183 Å². The number of hydrogen-bond acceptors (Lipinski definition) is 6. The number of halogens is 1. The maximum Gasteiger partial charge on any atom is 0.280 e. The Hall–Kier alpha value is -3.52.